The lowest BCUT2D eigenvalue weighted by Crippen LogP contribution is -2.42. The minimum Gasteiger partial charge on any atom is -0.471 e. The van der Waals surface area contributed by atoms with Gasteiger partial charge >= 0.3 is 6.09 Å². The molecule has 162 valence electrons. The third kappa shape index (κ3) is 5.52. The summed E-state index contributed by atoms with van der Waals surface area (Å²) in [4.78, 5) is 13.9. The lowest BCUT2D eigenvalue weighted by molar-refractivity contribution is 0.0184. The van der Waals surface area contributed by atoms with Gasteiger partial charge in [0.2, 0.25) is 0 Å². The molecule has 0 aliphatic carbocycles. The van der Waals surface area contributed by atoms with Gasteiger partial charge in [-0.05, 0) is 45.7 Å². The number of benzene rings is 1. The van der Waals surface area contributed by atoms with E-state index in [1.54, 1.807) is 15.8 Å². The van der Waals surface area contributed by atoms with Crippen LogP contribution in [-0.2, 0) is 11.3 Å². The molecule has 9 heteroatoms. The lowest BCUT2D eigenvalue weighted by atomic mass is 10.1. The predicted molar refractivity (Wildman–Crippen MR) is 108 cm³/mol. The number of likely N-dealkylation sites (tertiary alicyclic amines) is 1. The van der Waals surface area contributed by atoms with Crippen molar-refractivity contribution < 1.29 is 18.7 Å². The van der Waals surface area contributed by atoms with Crippen LogP contribution in [-0.4, -0.2) is 39.5 Å². The number of ether oxygens (including phenoxy) is 2. The number of hydrogen-bond donors (Lipinski definition) is 0. The molecule has 1 aliphatic rings. The second-order valence-electron chi connectivity index (χ2n) is 8.34. The van der Waals surface area contributed by atoms with E-state index in [0.29, 0.717) is 25.9 Å². The summed E-state index contributed by atoms with van der Waals surface area (Å²) >= 11 is 0. The normalized spacial score (nSPS) is 14.6. The van der Waals surface area contributed by atoms with Crippen LogP contribution in [0.25, 0.3) is 0 Å². The number of aromatic nitrogens is 2. The van der Waals surface area contributed by atoms with Gasteiger partial charge in [0.1, 0.15) is 29.7 Å². The van der Waals surface area contributed by atoms with E-state index in [0.717, 1.165) is 6.07 Å². The summed E-state index contributed by atoms with van der Waals surface area (Å²) in [7, 11) is 0. The number of rotatable bonds is 4. The fourth-order valence-corrected chi connectivity index (χ4v) is 3.26. The van der Waals surface area contributed by atoms with E-state index in [1.807, 2.05) is 32.9 Å². The molecule has 8 nitrogen and oxygen atoms in total. The van der Waals surface area contributed by atoms with Gasteiger partial charge in [0, 0.05) is 24.8 Å². The second kappa shape index (κ2) is 9.05. The molecule has 3 rings (SSSR count). The fraction of sp³-hybridized carbons (Fsp3) is 0.455. The molecule has 2 aromatic rings. The molecule has 0 radical (unpaired) electrons. The number of hydrogen-bond acceptors (Lipinski definition) is 6. The average molecular weight is 425 g/mol. The van der Waals surface area contributed by atoms with E-state index in [1.165, 1.54) is 12.1 Å². The first-order valence-electron chi connectivity index (χ1n) is 9.98. The molecule has 31 heavy (non-hydrogen) atoms. The van der Waals surface area contributed by atoms with Crippen molar-refractivity contribution in [2.24, 2.45) is 0 Å². The van der Waals surface area contributed by atoms with Gasteiger partial charge in [0.25, 0.3) is 5.88 Å². The molecule has 0 unspecified atom stereocenters. The first-order chi connectivity index (χ1) is 14.7. The van der Waals surface area contributed by atoms with Crippen LogP contribution in [0.5, 0.6) is 5.88 Å². The van der Waals surface area contributed by atoms with Gasteiger partial charge in [-0.15, -0.1) is 5.10 Å². The summed E-state index contributed by atoms with van der Waals surface area (Å²) in [5.74, 6) is -0.424. The van der Waals surface area contributed by atoms with Crippen molar-refractivity contribution in [2.75, 3.05) is 13.1 Å². The number of carbonyl (C=O) groups is 1. The van der Waals surface area contributed by atoms with E-state index in [9.17, 15) is 14.4 Å². The smallest absolute Gasteiger partial charge is 0.410 e. The van der Waals surface area contributed by atoms with Crippen LogP contribution in [0.2, 0.25) is 0 Å². The molecular weight excluding hydrogens is 401 g/mol. The standard InChI is InChI=1S/C22H24FN5O3/c1-22(2,3)31-21(29)27-8-6-18(7-9-27)28-13-17(12-25)20(26-28)30-14-16-5-4-15(11-24)10-19(16)23/h4-5,10,13,18H,6-9,14H2,1-3H3. The molecule has 0 saturated carbocycles. The highest BCUT2D eigenvalue weighted by Crippen LogP contribution is 2.27. The van der Waals surface area contributed by atoms with Crippen molar-refractivity contribution in [3.63, 3.8) is 0 Å². The monoisotopic (exact) mass is 425 g/mol. The summed E-state index contributed by atoms with van der Waals surface area (Å²) in [5.41, 5.74) is 0.200. The molecule has 0 N–H and O–H groups in total. The Balaban J connectivity index is 1.63. The van der Waals surface area contributed by atoms with Crippen molar-refractivity contribution in [2.45, 2.75) is 51.9 Å². The van der Waals surface area contributed by atoms with Crippen molar-refractivity contribution in [3.8, 4) is 18.0 Å². The number of nitriles is 2. The summed E-state index contributed by atoms with van der Waals surface area (Å²) in [6.07, 6.45) is 2.60. The van der Waals surface area contributed by atoms with Crippen molar-refractivity contribution in [1.29, 1.82) is 10.5 Å². The molecule has 0 atom stereocenters. The highest BCUT2D eigenvalue weighted by molar-refractivity contribution is 5.68. The Bertz CT molecular complexity index is 1040. The minimum atomic E-state index is -0.550. The molecule has 1 aromatic heterocycles. The predicted octanol–water partition coefficient (Wildman–Crippen LogP) is 3.92. The molecule has 0 spiro atoms. The summed E-state index contributed by atoms with van der Waals surface area (Å²) in [6, 6.07) is 8.05. The van der Waals surface area contributed by atoms with Crippen LogP contribution in [0.1, 0.15) is 56.3 Å². The maximum Gasteiger partial charge on any atom is 0.410 e. The molecule has 1 fully saturated rings. The SMILES string of the molecule is CC(C)(C)OC(=O)N1CCC(n2cc(C#N)c(OCc3ccc(C#N)cc3F)n2)CC1. The van der Waals surface area contributed by atoms with Gasteiger partial charge in [-0.1, -0.05) is 6.07 Å². The Morgan fingerprint density at radius 2 is 1.97 bits per heavy atom. The summed E-state index contributed by atoms with van der Waals surface area (Å²) in [5, 5.41) is 22.6. The summed E-state index contributed by atoms with van der Waals surface area (Å²) < 4.78 is 26.7. The van der Waals surface area contributed by atoms with E-state index in [4.69, 9.17) is 14.7 Å². The quantitative estimate of drug-likeness (QED) is 0.735. The number of piperidine rings is 1. The molecule has 1 saturated heterocycles. The van der Waals surface area contributed by atoms with E-state index >= 15 is 0 Å². The maximum absolute atomic E-state index is 14.1. The van der Waals surface area contributed by atoms with E-state index in [2.05, 4.69) is 5.10 Å². The van der Waals surface area contributed by atoms with Gasteiger partial charge in [0.05, 0.1) is 17.7 Å². The second-order valence-corrected chi connectivity index (χ2v) is 8.34. The largest absolute Gasteiger partial charge is 0.471 e. The Labute approximate surface area is 180 Å². The average Bonchev–Trinajstić information content (AvgIpc) is 3.15. The molecule has 2 heterocycles. The Hall–Kier alpha value is -3.59. The van der Waals surface area contributed by atoms with E-state index in [-0.39, 0.29) is 41.3 Å². The molecule has 1 aliphatic heterocycles. The minimum absolute atomic E-state index is 0.00906. The number of carbonyl (C=O) groups excluding carboxylic acids is 1. The zero-order valence-corrected chi connectivity index (χ0v) is 17.8. The van der Waals surface area contributed by atoms with Gasteiger partial charge in [0.15, 0.2) is 0 Å². The van der Waals surface area contributed by atoms with Crippen LogP contribution in [0.3, 0.4) is 0 Å². The first-order valence-corrected chi connectivity index (χ1v) is 9.98. The molecular formula is C22H24FN5O3. The summed E-state index contributed by atoms with van der Waals surface area (Å²) in [6.45, 7) is 6.42. The number of halogens is 1. The zero-order valence-electron chi connectivity index (χ0n) is 17.8. The lowest BCUT2D eigenvalue weighted by Gasteiger charge is -2.33. The van der Waals surface area contributed by atoms with Crippen LogP contribution in [0.4, 0.5) is 9.18 Å². The third-order valence-electron chi connectivity index (χ3n) is 4.86. The van der Waals surface area contributed by atoms with Crippen molar-refractivity contribution >= 4 is 6.09 Å². The van der Waals surface area contributed by atoms with E-state index < -0.39 is 11.4 Å². The fourth-order valence-electron chi connectivity index (χ4n) is 3.26. The van der Waals surface area contributed by atoms with Gasteiger partial charge in [-0.3, -0.25) is 4.68 Å². The maximum atomic E-state index is 14.1. The Morgan fingerprint density at radius 3 is 2.55 bits per heavy atom. The zero-order chi connectivity index (χ0) is 22.6. The van der Waals surface area contributed by atoms with Crippen LogP contribution in [0.15, 0.2) is 24.4 Å². The third-order valence-corrected chi connectivity index (χ3v) is 4.86. The highest BCUT2D eigenvalue weighted by atomic mass is 19.1. The van der Waals surface area contributed by atoms with Crippen LogP contribution < -0.4 is 4.74 Å². The molecule has 1 amide bonds. The number of nitrogens with zero attached hydrogens (tertiary/aromatic N) is 5. The van der Waals surface area contributed by atoms with Crippen LogP contribution >= 0.6 is 0 Å². The van der Waals surface area contributed by atoms with Gasteiger partial charge < -0.3 is 14.4 Å². The Morgan fingerprint density at radius 1 is 1.26 bits per heavy atom. The van der Waals surface area contributed by atoms with Crippen molar-refractivity contribution in [3.05, 3.63) is 46.9 Å². The van der Waals surface area contributed by atoms with Crippen molar-refractivity contribution in [1.82, 2.24) is 14.7 Å². The molecule has 0 bridgehead atoms. The first kappa shape index (κ1) is 22.1. The highest BCUT2D eigenvalue weighted by Gasteiger charge is 2.28. The molecule has 1 aromatic carbocycles. The van der Waals surface area contributed by atoms with Gasteiger partial charge in [-0.25, -0.2) is 9.18 Å². The topological polar surface area (TPSA) is 104 Å². The van der Waals surface area contributed by atoms with Crippen LogP contribution in [0, 0.1) is 28.5 Å². The Kier molecular flexibility index (Phi) is 6.45. The van der Waals surface area contributed by atoms with Gasteiger partial charge in [-0.2, -0.15) is 10.5 Å². The number of amides is 1.